The average Bonchev–Trinajstić information content (AvgIpc) is 3.56. The van der Waals surface area contributed by atoms with Gasteiger partial charge in [0.05, 0.1) is 17.6 Å². The Hall–Kier alpha value is -2.57. The van der Waals surface area contributed by atoms with Crippen molar-refractivity contribution in [2.75, 3.05) is 11.1 Å². The van der Waals surface area contributed by atoms with Crippen LogP contribution in [0.25, 0.3) is 11.6 Å². The molecular formula is C22H23N5O2S2. The summed E-state index contributed by atoms with van der Waals surface area (Å²) >= 11 is 2.93. The number of rotatable bonds is 6. The van der Waals surface area contributed by atoms with Gasteiger partial charge in [0.15, 0.2) is 10.9 Å². The molecule has 3 aromatic rings. The smallest absolute Gasteiger partial charge is 0.235 e. The molecule has 9 heteroatoms. The zero-order valence-corrected chi connectivity index (χ0v) is 18.7. The Bertz CT molecular complexity index is 1120. The van der Waals surface area contributed by atoms with Crippen LogP contribution in [-0.2, 0) is 17.6 Å². The number of aryl methyl sites for hydroxylation is 1. The Morgan fingerprint density at radius 1 is 1.29 bits per heavy atom. The quantitative estimate of drug-likeness (QED) is 0.516. The highest BCUT2D eigenvalue weighted by Crippen LogP contribution is 2.39. The number of nitriles is 1. The standard InChI is InChI=1S/C22H23N5O2S2/c23-12-16-15-8-4-10-18(15)31-21(16)24-19(28)13-30-22-26-25-20(17-9-5-11-29-17)27(22)14-6-2-1-3-7-14/h5,9,11,14H,1-4,6-8,10,13H2,(H,24,28). The monoisotopic (exact) mass is 453 g/mol. The minimum absolute atomic E-state index is 0.126. The number of nitrogens with one attached hydrogen (secondary N) is 1. The fourth-order valence-corrected chi connectivity index (χ4v) is 6.58. The maximum Gasteiger partial charge on any atom is 0.235 e. The molecular weight excluding hydrogens is 430 g/mol. The van der Waals surface area contributed by atoms with Gasteiger partial charge in [-0.3, -0.25) is 9.36 Å². The van der Waals surface area contributed by atoms with Crippen LogP contribution in [0.1, 0.15) is 60.6 Å². The molecule has 1 N–H and O–H groups in total. The number of thioether (sulfide) groups is 1. The van der Waals surface area contributed by atoms with Crippen molar-refractivity contribution in [1.82, 2.24) is 14.8 Å². The van der Waals surface area contributed by atoms with Crippen molar-refractivity contribution < 1.29 is 9.21 Å². The van der Waals surface area contributed by atoms with Crippen LogP contribution in [0.15, 0.2) is 28.0 Å². The lowest BCUT2D eigenvalue weighted by atomic mass is 9.95. The van der Waals surface area contributed by atoms with Crippen LogP contribution in [0.4, 0.5) is 5.00 Å². The van der Waals surface area contributed by atoms with Crippen LogP contribution in [0.3, 0.4) is 0 Å². The Balaban J connectivity index is 1.32. The van der Waals surface area contributed by atoms with Crippen molar-refractivity contribution >= 4 is 34.0 Å². The average molecular weight is 454 g/mol. The second-order valence-corrected chi connectivity index (χ2v) is 10.0. The number of furan rings is 1. The zero-order chi connectivity index (χ0) is 21.2. The van der Waals surface area contributed by atoms with Crippen LogP contribution in [0.5, 0.6) is 0 Å². The summed E-state index contributed by atoms with van der Waals surface area (Å²) in [6.07, 6.45) is 10.4. The molecule has 3 heterocycles. The number of aromatic nitrogens is 3. The minimum Gasteiger partial charge on any atom is -0.461 e. The second-order valence-electron chi connectivity index (χ2n) is 7.96. The van der Waals surface area contributed by atoms with Gasteiger partial charge in [0.25, 0.3) is 0 Å². The number of fused-ring (bicyclic) bond motifs is 1. The molecule has 0 unspecified atom stereocenters. The lowest BCUT2D eigenvalue weighted by Gasteiger charge is -2.25. The number of carbonyl (C=O) groups is 1. The van der Waals surface area contributed by atoms with Crippen LogP contribution in [0.2, 0.25) is 0 Å². The highest BCUT2D eigenvalue weighted by Gasteiger charge is 2.26. The van der Waals surface area contributed by atoms with Gasteiger partial charge in [-0.1, -0.05) is 31.0 Å². The van der Waals surface area contributed by atoms with Crippen molar-refractivity contribution in [2.45, 2.75) is 62.6 Å². The van der Waals surface area contributed by atoms with Gasteiger partial charge in [0.2, 0.25) is 11.7 Å². The molecule has 0 bridgehead atoms. The Morgan fingerprint density at radius 2 is 2.16 bits per heavy atom. The van der Waals surface area contributed by atoms with Gasteiger partial charge in [-0.05, 0) is 49.8 Å². The SMILES string of the molecule is N#Cc1c(NC(=O)CSc2nnc(-c3ccco3)n2C2CCCCC2)sc2c1CCC2. The summed E-state index contributed by atoms with van der Waals surface area (Å²) in [4.78, 5) is 13.9. The van der Waals surface area contributed by atoms with Gasteiger partial charge in [-0.15, -0.1) is 21.5 Å². The van der Waals surface area contributed by atoms with Crippen molar-refractivity contribution in [3.8, 4) is 17.7 Å². The van der Waals surface area contributed by atoms with E-state index in [1.54, 1.807) is 17.6 Å². The molecule has 1 amide bonds. The van der Waals surface area contributed by atoms with Gasteiger partial charge in [-0.25, -0.2) is 0 Å². The predicted octanol–water partition coefficient (Wildman–Crippen LogP) is 5.20. The van der Waals surface area contributed by atoms with E-state index in [1.807, 2.05) is 12.1 Å². The second kappa shape index (κ2) is 8.89. The molecule has 2 aliphatic rings. The first-order valence-corrected chi connectivity index (χ1v) is 12.5. The third kappa shape index (κ3) is 4.02. The molecule has 3 aromatic heterocycles. The first-order valence-electron chi connectivity index (χ1n) is 10.7. The molecule has 1 fully saturated rings. The number of carbonyl (C=O) groups excluding carboxylic acids is 1. The van der Waals surface area contributed by atoms with Gasteiger partial charge < -0.3 is 9.73 Å². The van der Waals surface area contributed by atoms with Crippen LogP contribution < -0.4 is 5.32 Å². The van der Waals surface area contributed by atoms with Gasteiger partial charge in [0, 0.05) is 10.9 Å². The Kier molecular flexibility index (Phi) is 5.83. The van der Waals surface area contributed by atoms with E-state index in [-0.39, 0.29) is 11.7 Å². The predicted molar refractivity (Wildman–Crippen MR) is 120 cm³/mol. The Morgan fingerprint density at radius 3 is 2.94 bits per heavy atom. The fraction of sp³-hybridized carbons (Fsp3) is 0.455. The fourth-order valence-electron chi connectivity index (χ4n) is 4.52. The van der Waals surface area contributed by atoms with E-state index in [4.69, 9.17) is 4.42 Å². The largest absolute Gasteiger partial charge is 0.461 e. The van der Waals surface area contributed by atoms with Crippen molar-refractivity contribution in [3.63, 3.8) is 0 Å². The molecule has 0 saturated heterocycles. The number of hydrogen-bond donors (Lipinski definition) is 1. The number of thiophene rings is 1. The van der Waals surface area contributed by atoms with Crippen molar-refractivity contribution in [2.24, 2.45) is 0 Å². The number of hydrogen-bond acceptors (Lipinski definition) is 7. The molecule has 0 aromatic carbocycles. The molecule has 31 heavy (non-hydrogen) atoms. The number of nitrogens with zero attached hydrogens (tertiary/aromatic N) is 4. The van der Waals surface area contributed by atoms with Crippen molar-refractivity contribution in [1.29, 1.82) is 5.26 Å². The molecule has 7 nitrogen and oxygen atoms in total. The van der Waals surface area contributed by atoms with Crippen LogP contribution in [0, 0.1) is 11.3 Å². The van der Waals surface area contributed by atoms with Crippen molar-refractivity contribution in [3.05, 3.63) is 34.4 Å². The normalized spacial score (nSPS) is 16.2. The minimum atomic E-state index is -0.126. The molecule has 0 spiro atoms. The van der Waals surface area contributed by atoms with E-state index >= 15 is 0 Å². The number of amides is 1. The molecule has 0 radical (unpaired) electrons. The van der Waals surface area contributed by atoms with E-state index in [2.05, 4.69) is 26.2 Å². The van der Waals surface area contributed by atoms with E-state index in [1.165, 1.54) is 35.9 Å². The third-order valence-electron chi connectivity index (χ3n) is 5.96. The topological polar surface area (TPSA) is 96.7 Å². The van der Waals surface area contributed by atoms with E-state index < -0.39 is 0 Å². The number of anilines is 1. The Labute approximate surface area is 188 Å². The first kappa shape index (κ1) is 20.3. The maximum atomic E-state index is 12.7. The summed E-state index contributed by atoms with van der Waals surface area (Å²) in [7, 11) is 0. The summed E-state index contributed by atoms with van der Waals surface area (Å²) in [5, 5.41) is 22.7. The molecule has 1 saturated carbocycles. The molecule has 2 aliphatic carbocycles. The van der Waals surface area contributed by atoms with Gasteiger partial charge in [-0.2, -0.15) is 5.26 Å². The highest BCUT2D eigenvalue weighted by atomic mass is 32.2. The summed E-state index contributed by atoms with van der Waals surface area (Å²) < 4.78 is 7.73. The lowest BCUT2D eigenvalue weighted by molar-refractivity contribution is -0.113. The molecule has 160 valence electrons. The zero-order valence-electron chi connectivity index (χ0n) is 17.1. The summed E-state index contributed by atoms with van der Waals surface area (Å²) in [6.45, 7) is 0. The van der Waals surface area contributed by atoms with Crippen LogP contribution >= 0.6 is 23.1 Å². The van der Waals surface area contributed by atoms with E-state index in [0.29, 0.717) is 22.4 Å². The van der Waals surface area contributed by atoms with E-state index in [0.717, 1.165) is 48.6 Å². The molecule has 0 aliphatic heterocycles. The molecule has 0 atom stereocenters. The lowest BCUT2D eigenvalue weighted by Crippen LogP contribution is -2.17. The van der Waals surface area contributed by atoms with Crippen LogP contribution in [-0.4, -0.2) is 26.4 Å². The summed E-state index contributed by atoms with van der Waals surface area (Å²) in [5.74, 6) is 1.51. The summed E-state index contributed by atoms with van der Waals surface area (Å²) in [5.41, 5.74) is 1.76. The first-order chi connectivity index (χ1) is 15.2. The maximum absolute atomic E-state index is 12.7. The van der Waals surface area contributed by atoms with Gasteiger partial charge >= 0.3 is 0 Å². The highest BCUT2D eigenvalue weighted by molar-refractivity contribution is 7.99. The summed E-state index contributed by atoms with van der Waals surface area (Å²) in [6, 6.07) is 6.34. The van der Waals surface area contributed by atoms with Gasteiger partial charge in [0.1, 0.15) is 11.1 Å². The molecule has 5 rings (SSSR count). The third-order valence-corrected chi connectivity index (χ3v) is 8.11. The van der Waals surface area contributed by atoms with E-state index in [9.17, 15) is 10.1 Å².